The number of aryl methyl sites for hydroxylation is 3. The van der Waals surface area contributed by atoms with Gasteiger partial charge in [-0.1, -0.05) is 23.9 Å². The molecule has 3 aromatic heterocycles. The van der Waals surface area contributed by atoms with E-state index in [1.54, 1.807) is 27.1 Å². The smallest absolute Gasteiger partial charge is 0.272 e. The molecule has 1 aliphatic heterocycles. The molecule has 1 aromatic carbocycles. The highest BCUT2D eigenvalue weighted by atomic mass is 32.2. The zero-order valence-corrected chi connectivity index (χ0v) is 21.2. The van der Waals surface area contributed by atoms with Gasteiger partial charge in [-0.15, -0.1) is 5.10 Å². The molecule has 0 saturated carbocycles. The van der Waals surface area contributed by atoms with Crippen LogP contribution in [0.4, 0.5) is 0 Å². The highest BCUT2D eigenvalue weighted by Crippen LogP contribution is 2.18. The highest BCUT2D eigenvalue weighted by Gasteiger charge is 2.25. The van der Waals surface area contributed by atoms with Crippen LogP contribution in [-0.4, -0.2) is 78.6 Å². The molecule has 4 heterocycles. The fourth-order valence-electron chi connectivity index (χ4n) is 4.23. The molecule has 1 amide bonds. The Morgan fingerprint density at radius 1 is 1.25 bits per heavy atom. The van der Waals surface area contributed by atoms with Crippen LogP contribution in [0.3, 0.4) is 0 Å². The van der Waals surface area contributed by atoms with Gasteiger partial charge in [0.15, 0.2) is 0 Å². The van der Waals surface area contributed by atoms with E-state index >= 15 is 0 Å². The number of carbonyl (C=O) groups is 1. The van der Waals surface area contributed by atoms with E-state index in [4.69, 9.17) is 9.47 Å². The molecule has 1 unspecified atom stereocenters. The fourth-order valence-corrected chi connectivity index (χ4v) is 4.57. The number of rotatable bonds is 7. The number of hydrogen-bond acceptors (Lipinski definition) is 9. The maximum absolute atomic E-state index is 13.0. The Kier molecular flexibility index (Phi) is 6.88. The van der Waals surface area contributed by atoms with Gasteiger partial charge < -0.3 is 18.9 Å². The number of ether oxygens (including phenoxy) is 2. The number of fused-ring (bicyclic) bond motifs is 2. The Morgan fingerprint density at radius 2 is 2.08 bits per heavy atom. The summed E-state index contributed by atoms with van der Waals surface area (Å²) in [7, 11) is 1.73. The van der Waals surface area contributed by atoms with Gasteiger partial charge in [0.25, 0.3) is 11.3 Å². The summed E-state index contributed by atoms with van der Waals surface area (Å²) >= 11 is 1.43. The lowest BCUT2D eigenvalue weighted by Gasteiger charge is -2.32. The molecule has 0 spiro atoms. The number of carbonyl (C=O) groups excluding carboxylic acids is 1. The maximum Gasteiger partial charge on any atom is 0.272 e. The summed E-state index contributed by atoms with van der Waals surface area (Å²) in [6.45, 7) is 3.44. The number of para-hydroxylation sites is 2. The van der Waals surface area contributed by atoms with Gasteiger partial charge in [-0.3, -0.25) is 9.59 Å². The highest BCUT2D eigenvalue weighted by molar-refractivity contribution is 7.98. The summed E-state index contributed by atoms with van der Waals surface area (Å²) in [5, 5.41) is 5.02. The van der Waals surface area contributed by atoms with Crippen LogP contribution < -0.4 is 10.3 Å². The Morgan fingerprint density at radius 3 is 2.92 bits per heavy atom. The summed E-state index contributed by atoms with van der Waals surface area (Å²) < 4.78 is 15.0. The monoisotopic (exact) mass is 509 g/mol. The maximum atomic E-state index is 13.0. The molecule has 1 atom stereocenters. The van der Waals surface area contributed by atoms with E-state index in [0.717, 1.165) is 16.7 Å². The van der Waals surface area contributed by atoms with Crippen molar-refractivity contribution < 1.29 is 14.3 Å². The SMILES string of the molecule is CSc1nc2nc(C)cc(OCC3CN(C(=O)CCc4nc5ccccc5n(C)c4=O)CCO3)n2n1. The number of amides is 1. The van der Waals surface area contributed by atoms with Crippen LogP contribution in [0, 0.1) is 6.92 Å². The summed E-state index contributed by atoms with van der Waals surface area (Å²) in [5.41, 5.74) is 2.50. The Balaban J connectivity index is 1.21. The first kappa shape index (κ1) is 24.2. The van der Waals surface area contributed by atoms with Gasteiger partial charge >= 0.3 is 0 Å². The van der Waals surface area contributed by atoms with E-state index < -0.39 is 0 Å². The third-order valence-electron chi connectivity index (χ3n) is 6.10. The van der Waals surface area contributed by atoms with E-state index in [2.05, 4.69) is 20.1 Å². The van der Waals surface area contributed by atoms with Crippen molar-refractivity contribution in [1.29, 1.82) is 0 Å². The second kappa shape index (κ2) is 10.2. The predicted octanol–water partition coefficient (Wildman–Crippen LogP) is 1.64. The lowest BCUT2D eigenvalue weighted by Crippen LogP contribution is -2.47. The first-order valence-electron chi connectivity index (χ1n) is 11.7. The van der Waals surface area contributed by atoms with Crippen LogP contribution in [0.2, 0.25) is 0 Å². The quantitative estimate of drug-likeness (QED) is 0.343. The second-order valence-electron chi connectivity index (χ2n) is 8.60. The standard InChI is InChI=1S/C24H27N7O4S/c1-15-12-21(31-23(25-15)27-24(28-31)36-3)35-14-16-13-30(10-11-34-16)20(32)9-8-18-22(33)29(2)19-7-5-4-6-17(19)26-18/h4-7,12,16H,8-11,13-14H2,1-3H3. The molecular weight excluding hydrogens is 482 g/mol. The van der Waals surface area contributed by atoms with Crippen molar-refractivity contribution >= 4 is 34.5 Å². The van der Waals surface area contributed by atoms with Crippen molar-refractivity contribution in [3.8, 4) is 5.88 Å². The predicted molar refractivity (Wildman–Crippen MR) is 134 cm³/mol. The van der Waals surface area contributed by atoms with Crippen molar-refractivity contribution in [3.05, 3.63) is 52.1 Å². The molecule has 0 N–H and O–H groups in total. The minimum atomic E-state index is -0.290. The summed E-state index contributed by atoms with van der Waals surface area (Å²) in [6, 6.07) is 9.28. The Labute approximate surface area is 211 Å². The molecule has 12 heteroatoms. The van der Waals surface area contributed by atoms with Crippen molar-refractivity contribution in [2.45, 2.75) is 31.0 Å². The first-order chi connectivity index (χ1) is 17.4. The zero-order valence-electron chi connectivity index (χ0n) is 20.4. The third kappa shape index (κ3) is 4.91. The molecule has 0 bridgehead atoms. The summed E-state index contributed by atoms with van der Waals surface area (Å²) in [4.78, 5) is 40.7. The van der Waals surface area contributed by atoms with E-state index in [0.29, 0.717) is 42.2 Å². The van der Waals surface area contributed by atoms with Crippen molar-refractivity contribution in [1.82, 2.24) is 34.0 Å². The molecule has 36 heavy (non-hydrogen) atoms. The topological polar surface area (TPSA) is 117 Å². The molecule has 188 valence electrons. The third-order valence-corrected chi connectivity index (χ3v) is 6.64. The Hall–Kier alpha value is -3.51. The van der Waals surface area contributed by atoms with Gasteiger partial charge in [0.1, 0.15) is 18.4 Å². The average Bonchev–Trinajstić information content (AvgIpc) is 3.31. The summed E-state index contributed by atoms with van der Waals surface area (Å²) in [6.07, 6.45) is 2.10. The molecule has 0 radical (unpaired) electrons. The molecule has 11 nitrogen and oxygen atoms in total. The van der Waals surface area contributed by atoms with Gasteiger partial charge in [-0.2, -0.15) is 9.50 Å². The van der Waals surface area contributed by atoms with Crippen LogP contribution >= 0.6 is 11.8 Å². The first-order valence-corrected chi connectivity index (χ1v) is 12.9. The molecule has 1 aliphatic rings. The van der Waals surface area contributed by atoms with Crippen LogP contribution in [0.25, 0.3) is 16.8 Å². The largest absolute Gasteiger partial charge is 0.475 e. The lowest BCUT2D eigenvalue weighted by molar-refractivity contribution is -0.139. The van der Waals surface area contributed by atoms with Crippen molar-refractivity contribution in [2.24, 2.45) is 7.05 Å². The number of thioether (sulfide) groups is 1. The lowest BCUT2D eigenvalue weighted by atomic mass is 10.2. The van der Waals surface area contributed by atoms with Crippen molar-refractivity contribution in [2.75, 3.05) is 32.6 Å². The van der Waals surface area contributed by atoms with Crippen LogP contribution in [0.1, 0.15) is 17.8 Å². The number of morpholine rings is 1. The van der Waals surface area contributed by atoms with Gasteiger partial charge in [0.05, 0.1) is 24.2 Å². The normalized spacial score (nSPS) is 16.1. The number of aromatic nitrogens is 6. The van der Waals surface area contributed by atoms with E-state index in [1.807, 2.05) is 37.4 Å². The van der Waals surface area contributed by atoms with Gasteiger partial charge in [0.2, 0.25) is 16.9 Å². The number of hydrogen-bond donors (Lipinski definition) is 0. The van der Waals surface area contributed by atoms with Gasteiger partial charge in [-0.25, -0.2) is 9.97 Å². The van der Waals surface area contributed by atoms with Crippen LogP contribution in [0.5, 0.6) is 5.88 Å². The minimum Gasteiger partial charge on any atom is -0.475 e. The summed E-state index contributed by atoms with van der Waals surface area (Å²) in [5.74, 6) is 0.961. The molecule has 5 rings (SSSR count). The molecule has 1 saturated heterocycles. The second-order valence-corrected chi connectivity index (χ2v) is 9.37. The molecule has 1 fully saturated rings. The fraction of sp³-hybridized carbons (Fsp3) is 0.417. The Bertz CT molecular complexity index is 1480. The number of nitrogens with zero attached hydrogens (tertiary/aromatic N) is 7. The van der Waals surface area contributed by atoms with Gasteiger partial charge in [-0.05, 0) is 25.3 Å². The van der Waals surface area contributed by atoms with E-state index in [-0.39, 0.29) is 37.0 Å². The van der Waals surface area contributed by atoms with E-state index in [1.165, 1.54) is 11.8 Å². The molecule has 4 aromatic rings. The van der Waals surface area contributed by atoms with Gasteiger partial charge in [0, 0.05) is 38.2 Å². The molecule has 0 aliphatic carbocycles. The number of benzene rings is 1. The van der Waals surface area contributed by atoms with Crippen LogP contribution in [-0.2, 0) is 23.0 Å². The zero-order chi connectivity index (χ0) is 25.2. The van der Waals surface area contributed by atoms with Crippen LogP contribution in [0.15, 0.2) is 40.3 Å². The minimum absolute atomic E-state index is 0.0386. The van der Waals surface area contributed by atoms with Crippen molar-refractivity contribution in [3.63, 3.8) is 0 Å². The average molecular weight is 510 g/mol. The van der Waals surface area contributed by atoms with E-state index in [9.17, 15) is 9.59 Å². The molecular formula is C24H27N7O4S.